The Kier molecular flexibility index (Phi) is 2.92. The van der Waals surface area contributed by atoms with Crippen LogP contribution in [0.2, 0.25) is 0 Å². The summed E-state index contributed by atoms with van der Waals surface area (Å²) in [5.74, 6) is 0. The van der Waals surface area contributed by atoms with E-state index in [9.17, 15) is 8.78 Å². The quantitative estimate of drug-likeness (QED) is 0.383. The van der Waals surface area contributed by atoms with Crippen molar-refractivity contribution < 1.29 is 33.5 Å². The van der Waals surface area contributed by atoms with Gasteiger partial charge in [-0.1, -0.05) is 18.2 Å². The van der Waals surface area contributed by atoms with Gasteiger partial charge in [-0.2, -0.15) is 10.6 Å². The molecule has 1 aromatic carbocycles. The molecule has 2 aromatic heterocycles. The minimum atomic E-state index is -3.08. The van der Waals surface area contributed by atoms with Crippen molar-refractivity contribution in [2.45, 2.75) is 6.05 Å². The van der Waals surface area contributed by atoms with Crippen LogP contribution in [0.4, 0.5) is 8.78 Å². The Bertz CT molecular complexity index is 813. The van der Waals surface area contributed by atoms with Crippen LogP contribution in [-0.2, 0) is 26.2 Å². The third-order valence-electron chi connectivity index (χ3n) is 3.43. The van der Waals surface area contributed by atoms with Gasteiger partial charge in [-0.3, -0.25) is 0 Å². The number of pyridine rings is 2. The predicted octanol–water partition coefficient (Wildman–Crippen LogP) is 2.90. The summed E-state index contributed by atoms with van der Waals surface area (Å²) in [6.07, 6.45) is 3.00. The van der Waals surface area contributed by atoms with Gasteiger partial charge in [0.1, 0.15) is 11.9 Å². The van der Waals surface area contributed by atoms with Crippen LogP contribution in [0.25, 0.3) is 22.2 Å². The first kappa shape index (κ1) is 13.3. The maximum absolute atomic E-state index is 14.6. The Morgan fingerprint density at radius 1 is 1.15 bits per heavy atom. The Morgan fingerprint density at radius 3 is 2.85 bits per heavy atom. The molecule has 1 aliphatic heterocycles. The van der Waals surface area contributed by atoms with Gasteiger partial charge < -0.3 is 4.98 Å². The second kappa shape index (κ2) is 4.40. The van der Waals surface area contributed by atoms with Crippen LogP contribution in [0, 0.1) is 6.07 Å². The SMILES string of the molecule is FC1(F)c2cccc3ccnc(c23)-c2[c-]ccc[n+]21.[Ir]. The molecule has 3 aromatic rings. The van der Waals surface area contributed by atoms with E-state index in [1.54, 1.807) is 30.5 Å². The van der Waals surface area contributed by atoms with E-state index < -0.39 is 6.05 Å². The Hall–Kier alpha value is -1.71. The zero-order valence-electron chi connectivity index (χ0n) is 10.1. The van der Waals surface area contributed by atoms with Crippen molar-refractivity contribution in [3.8, 4) is 11.4 Å². The molecule has 5 heteroatoms. The molecule has 1 radical (unpaired) electrons. The molecule has 3 heterocycles. The van der Waals surface area contributed by atoms with E-state index in [2.05, 4.69) is 11.1 Å². The maximum Gasteiger partial charge on any atom is 0.487 e. The number of hydrogen-bond donors (Lipinski definition) is 0. The molecule has 0 atom stereocenters. The number of rotatable bonds is 0. The molecule has 4 rings (SSSR count). The van der Waals surface area contributed by atoms with E-state index in [1.165, 1.54) is 12.3 Å². The van der Waals surface area contributed by atoms with Crippen LogP contribution < -0.4 is 4.57 Å². The van der Waals surface area contributed by atoms with Gasteiger partial charge in [0, 0.05) is 32.0 Å². The predicted molar refractivity (Wildman–Crippen MR) is 65.5 cm³/mol. The van der Waals surface area contributed by atoms with E-state index >= 15 is 0 Å². The molecule has 101 valence electrons. The summed E-state index contributed by atoms with van der Waals surface area (Å²) in [6, 6.07) is 9.62. The van der Waals surface area contributed by atoms with E-state index in [-0.39, 0.29) is 25.7 Å². The van der Waals surface area contributed by atoms with Crippen molar-refractivity contribution in [2.75, 3.05) is 0 Å². The Morgan fingerprint density at radius 2 is 2.00 bits per heavy atom. The summed E-state index contributed by atoms with van der Waals surface area (Å²) in [5.41, 5.74) is 0.863. The Balaban J connectivity index is 0.00000121. The van der Waals surface area contributed by atoms with Gasteiger partial charge in [0.2, 0.25) is 0 Å². The zero-order valence-corrected chi connectivity index (χ0v) is 12.5. The van der Waals surface area contributed by atoms with Crippen molar-refractivity contribution in [2.24, 2.45) is 0 Å². The third-order valence-corrected chi connectivity index (χ3v) is 3.43. The minimum absolute atomic E-state index is 0. The number of benzene rings is 1. The van der Waals surface area contributed by atoms with Gasteiger partial charge in [0.15, 0.2) is 0 Å². The van der Waals surface area contributed by atoms with Crippen LogP contribution in [0.15, 0.2) is 48.8 Å². The topological polar surface area (TPSA) is 16.8 Å². The average Bonchev–Trinajstić information content (AvgIpc) is 2.45. The number of fused-ring (bicyclic) bond motifs is 2. The summed E-state index contributed by atoms with van der Waals surface area (Å²) in [4.78, 5) is 4.26. The van der Waals surface area contributed by atoms with Crippen LogP contribution in [0.1, 0.15) is 5.56 Å². The first-order valence-electron chi connectivity index (χ1n) is 5.89. The van der Waals surface area contributed by atoms with Crippen molar-refractivity contribution in [1.29, 1.82) is 0 Å². The fraction of sp³-hybridized carbons (Fsp3) is 0.0667. The number of nitrogens with zero attached hydrogens (tertiary/aromatic N) is 2. The maximum atomic E-state index is 14.6. The molecule has 0 spiro atoms. The van der Waals surface area contributed by atoms with E-state index in [1.807, 2.05) is 6.07 Å². The monoisotopic (exact) mass is 447 g/mol. The van der Waals surface area contributed by atoms with E-state index in [4.69, 9.17) is 0 Å². The fourth-order valence-electron chi connectivity index (χ4n) is 2.61. The zero-order chi connectivity index (χ0) is 13.0. The van der Waals surface area contributed by atoms with Gasteiger partial charge in [-0.05, 0) is 22.9 Å². The largest absolute Gasteiger partial charge is 0.487 e. The summed E-state index contributed by atoms with van der Waals surface area (Å²) >= 11 is 0. The molecule has 20 heavy (non-hydrogen) atoms. The molecular formula is C15H8F2IrN2. The number of hydrogen-bond acceptors (Lipinski definition) is 1. The summed E-state index contributed by atoms with van der Waals surface area (Å²) < 4.78 is 30.1. The molecule has 2 nitrogen and oxygen atoms in total. The van der Waals surface area contributed by atoms with Crippen molar-refractivity contribution in [1.82, 2.24) is 4.98 Å². The van der Waals surface area contributed by atoms with Gasteiger partial charge in [-0.15, -0.1) is 14.8 Å². The molecule has 0 N–H and O–H groups in total. The van der Waals surface area contributed by atoms with Crippen LogP contribution in [0.3, 0.4) is 0 Å². The molecule has 0 unspecified atom stereocenters. The van der Waals surface area contributed by atoms with Crippen molar-refractivity contribution in [3.63, 3.8) is 0 Å². The molecule has 0 bridgehead atoms. The minimum Gasteiger partial charge on any atom is -0.313 e. The molecule has 0 saturated carbocycles. The Labute approximate surface area is 127 Å². The van der Waals surface area contributed by atoms with Gasteiger partial charge in [0.25, 0.3) is 0 Å². The molecule has 0 amide bonds. The molecule has 0 saturated heterocycles. The second-order valence-electron chi connectivity index (χ2n) is 4.48. The first-order valence-corrected chi connectivity index (χ1v) is 5.89. The van der Waals surface area contributed by atoms with Gasteiger partial charge >= 0.3 is 6.05 Å². The average molecular weight is 446 g/mol. The van der Waals surface area contributed by atoms with E-state index in [0.29, 0.717) is 16.8 Å². The summed E-state index contributed by atoms with van der Waals surface area (Å²) in [6.45, 7) is 0. The van der Waals surface area contributed by atoms with Crippen molar-refractivity contribution in [3.05, 3.63) is 60.4 Å². The molecule has 0 fully saturated rings. The number of alkyl halides is 2. The standard InChI is InChI=1S/C15H8F2N2.Ir/c16-15(17)11-5-3-4-10-7-8-18-14(13(10)11)12-6-1-2-9-19(12)15;/h1-5,7-9H;. The normalized spacial score (nSPS) is 14.5. The van der Waals surface area contributed by atoms with Crippen LogP contribution in [-0.4, -0.2) is 4.98 Å². The fourth-order valence-corrected chi connectivity index (χ4v) is 2.61. The van der Waals surface area contributed by atoms with Gasteiger partial charge in [-0.25, -0.2) is 0 Å². The van der Waals surface area contributed by atoms with E-state index in [0.717, 1.165) is 9.95 Å². The first-order chi connectivity index (χ1) is 9.19. The molecular weight excluding hydrogens is 438 g/mol. The second-order valence-corrected chi connectivity index (χ2v) is 4.48. The number of halogens is 2. The summed E-state index contributed by atoms with van der Waals surface area (Å²) in [7, 11) is 0. The molecule has 1 aliphatic rings. The van der Waals surface area contributed by atoms with Crippen LogP contribution >= 0.6 is 0 Å². The third kappa shape index (κ3) is 1.57. The molecule has 0 aliphatic carbocycles. The summed E-state index contributed by atoms with van der Waals surface area (Å²) in [5, 5.41) is 1.28. The number of aromatic nitrogens is 2. The van der Waals surface area contributed by atoms with Crippen molar-refractivity contribution >= 4 is 10.8 Å². The van der Waals surface area contributed by atoms with Crippen LogP contribution in [0.5, 0.6) is 0 Å². The van der Waals surface area contributed by atoms with Gasteiger partial charge in [0.05, 0.1) is 5.56 Å². The smallest absolute Gasteiger partial charge is 0.313 e.